The number of rotatable bonds is 17. The van der Waals surface area contributed by atoms with Crippen LogP contribution >= 0.6 is 0 Å². The van der Waals surface area contributed by atoms with Crippen LogP contribution in [0, 0.1) is 0 Å². The Morgan fingerprint density at radius 2 is 1.72 bits per heavy atom. The summed E-state index contributed by atoms with van der Waals surface area (Å²) in [6.07, 6.45) is 3.80. The number of ether oxygens (including phenoxy) is 2. The number of anilines is 1. The average Bonchev–Trinajstić information content (AvgIpc) is 2.91. The molecule has 10 heteroatoms. The van der Waals surface area contributed by atoms with E-state index >= 15 is 0 Å². The van der Waals surface area contributed by atoms with E-state index in [2.05, 4.69) is 12.2 Å². The highest BCUT2D eigenvalue weighted by Crippen LogP contribution is 2.23. The monoisotopic (exact) mass is 561 g/mol. The third-order valence-electron chi connectivity index (χ3n) is 6.29. The molecule has 2 aromatic carbocycles. The molecule has 216 valence electrons. The van der Waals surface area contributed by atoms with E-state index in [-0.39, 0.29) is 31.3 Å². The summed E-state index contributed by atoms with van der Waals surface area (Å²) in [7, 11) is -2.00. The van der Waals surface area contributed by atoms with Crippen molar-refractivity contribution < 1.29 is 27.5 Å². The molecule has 2 rings (SSSR count). The highest BCUT2D eigenvalue weighted by atomic mass is 32.2. The van der Waals surface area contributed by atoms with Gasteiger partial charge in [-0.25, -0.2) is 8.42 Å². The maximum Gasteiger partial charge on any atom is 0.242 e. The minimum Gasteiger partial charge on any atom is -0.497 e. The van der Waals surface area contributed by atoms with Gasteiger partial charge in [0.05, 0.1) is 25.7 Å². The van der Waals surface area contributed by atoms with E-state index in [1.807, 2.05) is 38.1 Å². The fraction of sp³-hybridized carbons (Fsp3) is 0.517. The van der Waals surface area contributed by atoms with E-state index < -0.39 is 16.1 Å². The lowest BCUT2D eigenvalue weighted by molar-refractivity contribution is -0.141. The molecule has 1 N–H and O–H groups in total. The maximum atomic E-state index is 13.6. The van der Waals surface area contributed by atoms with Crippen molar-refractivity contribution in [2.45, 2.75) is 65.5 Å². The number of hydrogen-bond donors (Lipinski definition) is 1. The van der Waals surface area contributed by atoms with Gasteiger partial charge in [-0.2, -0.15) is 0 Å². The van der Waals surface area contributed by atoms with Crippen molar-refractivity contribution in [3.8, 4) is 11.5 Å². The Bertz CT molecular complexity index is 1150. The maximum absolute atomic E-state index is 13.6. The van der Waals surface area contributed by atoms with E-state index in [4.69, 9.17) is 9.47 Å². The zero-order valence-corrected chi connectivity index (χ0v) is 24.6. The normalized spacial score (nSPS) is 11.9. The standard InChI is InChI=1S/C29H43N3O6S/c1-6-9-19-30-29(34)27(7-2)31(22-23-12-10-13-26(21-23)37-4)28(33)14-11-20-32(39(5,35)36)24-15-17-25(18-16-24)38-8-3/h10,12-13,15-18,21,27H,6-9,11,14,19-20,22H2,1-5H3,(H,30,34). The van der Waals surface area contributed by atoms with Crippen molar-refractivity contribution in [2.75, 3.05) is 37.4 Å². The molecule has 0 aliphatic rings. The number of carbonyl (C=O) groups excluding carboxylic acids is 2. The van der Waals surface area contributed by atoms with Crippen LogP contribution in [0.15, 0.2) is 48.5 Å². The largest absolute Gasteiger partial charge is 0.497 e. The van der Waals surface area contributed by atoms with Gasteiger partial charge in [0.25, 0.3) is 0 Å². The number of nitrogens with one attached hydrogen (secondary N) is 1. The predicted octanol–water partition coefficient (Wildman–Crippen LogP) is 4.36. The van der Waals surface area contributed by atoms with Crippen molar-refractivity contribution in [2.24, 2.45) is 0 Å². The Morgan fingerprint density at radius 1 is 1.00 bits per heavy atom. The number of amides is 2. The summed E-state index contributed by atoms with van der Waals surface area (Å²) in [5.74, 6) is 0.921. The third-order valence-corrected chi connectivity index (χ3v) is 7.48. The van der Waals surface area contributed by atoms with Crippen LogP contribution in [0.2, 0.25) is 0 Å². The fourth-order valence-corrected chi connectivity index (χ4v) is 5.24. The topological polar surface area (TPSA) is 105 Å². The SMILES string of the molecule is CCCCNC(=O)C(CC)N(Cc1cccc(OC)c1)C(=O)CCCN(c1ccc(OCC)cc1)S(C)(=O)=O. The molecule has 0 saturated heterocycles. The first-order valence-corrected chi connectivity index (χ1v) is 15.4. The van der Waals surface area contributed by atoms with Gasteiger partial charge in [-0.1, -0.05) is 32.4 Å². The second-order valence-corrected chi connectivity index (χ2v) is 11.2. The predicted molar refractivity (Wildman–Crippen MR) is 155 cm³/mol. The lowest BCUT2D eigenvalue weighted by Crippen LogP contribution is -2.49. The van der Waals surface area contributed by atoms with Crippen LogP contribution in [-0.2, 0) is 26.2 Å². The van der Waals surface area contributed by atoms with Gasteiger partial charge < -0.3 is 19.7 Å². The summed E-state index contributed by atoms with van der Waals surface area (Å²) in [5, 5.41) is 2.95. The van der Waals surface area contributed by atoms with Crippen molar-refractivity contribution >= 4 is 27.5 Å². The Hall–Kier alpha value is -3.27. The molecule has 39 heavy (non-hydrogen) atoms. The molecule has 0 aromatic heterocycles. The van der Waals surface area contributed by atoms with Crippen molar-refractivity contribution in [3.63, 3.8) is 0 Å². The number of carbonyl (C=O) groups is 2. The van der Waals surface area contributed by atoms with Gasteiger partial charge in [0, 0.05) is 26.1 Å². The lowest BCUT2D eigenvalue weighted by atomic mass is 10.1. The molecule has 0 fully saturated rings. The van der Waals surface area contributed by atoms with Crippen molar-refractivity contribution in [1.29, 1.82) is 0 Å². The van der Waals surface area contributed by atoms with E-state index in [0.717, 1.165) is 24.7 Å². The van der Waals surface area contributed by atoms with Gasteiger partial charge in [0.15, 0.2) is 0 Å². The lowest BCUT2D eigenvalue weighted by Gasteiger charge is -2.31. The molecular weight excluding hydrogens is 518 g/mol. The number of methoxy groups -OCH3 is 1. The zero-order chi connectivity index (χ0) is 28.8. The van der Waals surface area contributed by atoms with Crippen LogP contribution in [0.4, 0.5) is 5.69 Å². The summed E-state index contributed by atoms with van der Waals surface area (Å²) in [6.45, 7) is 7.25. The first kappa shape index (κ1) is 31.9. The average molecular weight is 562 g/mol. The molecule has 1 unspecified atom stereocenters. The van der Waals surface area contributed by atoms with Crippen LogP contribution in [0.3, 0.4) is 0 Å². The van der Waals surface area contributed by atoms with E-state index in [1.54, 1.807) is 36.3 Å². The molecule has 0 aliphatic heterocycles. The van der Waals surface area contributed by atoms with Gasteiger partial charge in [-0.05, 0) is 68.1 Å². The summed E-state index contributed by atoms with van der Waals surface area (Å²) in [4.78, 5) is 28.2. The smallest absolute Gasteiger partial charge is 0.242 e. The molecule has 0 heterocycles. The summed E-state index contributed by atoms with van der Waals surface area (Å²) >= 11 is 0. The third kappa shape index (κ3) is 10.1. The summed E-state index contributed by atoms with van der Waals surface area (Å²) in [6, 6.07) is 13.6. The Labute approximate surface area is 233 Å². The number of unbranched alkanes of at least 4 members (excludes halogenated alkanes) is 1. The molecule has 0 saturated carbocycles. The summed E-state index contributed by atoms with van der Waals surface area (Å²) in [5.41, 5.74) is 1.35. The van der Waals surface area contributed by atoms with Gasteiger partial charge in [0.2, 0.25) is 21.8 Å². The Kier molecular flexibility index (Phi) is 13.1. The molecule has 0 radical (unpaired) electrons. The Balaban J connectivity index is 2.20. The fourth-order valence-electron chi connectivity index (χ4n) is 4.27. The van der Waals surface area contributed by atoms with Crippen LogP contribution in [-0.4, -0.2) is 64.2 Å². The van der Waals surface area contributed by atoms with Gasteiger partial charge in [0.1, 0.15) is 17.5 Å². The first-order valence-electron chi connectivity index (χ1n) is 13.5. The van der Waals surface area contributed by atoms with Crippen LogP contribution < -0.4 is 19.1 Å². The second-order valence-electron chi connectivity index (χ2n) is 9.31. The number of nitrogens with zero attached hydrogens (tertiary/aromatic N) is 2. The van der Waals surface area contributed by atoms with Gasteiger partial charge >= 0.3 is 0 Å². The van der Waals surface area contributed by atoms with E-state index in [9.17, 15) is 18.0 Å². The second kappa shape index (κ2) is 16.0. The molecule has 1 atom stereocenters. The molecule has 2 amide bonds. The molecule has 0 aliphatic carbocycles. The molecule has 2 aromatic rings. The number of hydrogen-bond acceptors (Lipinski definition) is 6. The minimum atomic E-state index is -3.58. The van der Waals surface area contributed by atoms with Crippen molar-refractivity contribution in [3.05, 3.63) is 54.1 Å². The number of sulfonamides is 1. The van der Waals surface area contributed by atoms with Gasteiger partial charge in [-0.3, -0.25) is 13.9 Å². The molecule has 9 nitrogen and oxygen atoms in total. The Morgan fingerprint density at radius 3 is 2.31 bits per heavy atom. The van der Waals surface area contributed by atoms with E-state index in [1.165, 1.54) is 4.31 Å². The minimum absolute atomic E-state index is 0.0890. The van der Waals surface area contributed by atoms with Crippen LogP contribution in [0.25, 0.3) is 0 Å². The molecular formula is C29H43N3O6S. The molecule has 0 bridgehead atoms. The van der Waals surface area contributed by atoms with E-state index in [0.29, 0.717) is 43.2 Å². The summed E-state index contributed by atoms with van der Waals surface area (Å²) < 4.78 is 37.2. The quantitative estimate of drug-likeness (QED) is 0.288. The zero-order valence-electron chi connectivity index (χ0n) is 23.8. The first-order chi connectivity index (χ1) is 18.6. The highest BCUT2D eigenvalue weighted by Gasteiger charge is 2.29. The van der Waals surface area contributed by atoms with Crippen molar-refractivity contribution in [1.82, 2.24) is 10.2 Å². The molecule has 0 spiro atoms. The highest BCUT2D eigenvalue weighted by molar-refractivity contribution is 7.92. The van der Waals surface area contributed by atoms with Crippen LogP contribution in [0.1, 0.15) is 58.4 Å². The van der Waals surface area contributed by atoms with Crippen LogP contribution in [0.5, 0.6) is 11.5 Å². The number of benzene rings is 2. The van der Waals surface area contributed by atoms with Gasteiger partial charge in [-0.15, -0.1) is 0 Å².